The number of fused-ring (bicyclic) bond motifs is 2. The third-order valence-electron chi connectivity index (χ3n) is 5.61. The van der Waals surface area contributed by atoms with Crippen molar-refractivity contribution in [1.82, 2.24) is 0 Å². The zero-order valence-corrected chi connectivity index (χ0v) is 14.9. The van der Waals surface area contributed by atoms with Crippen LogP contribution in [0.2, 0.25) is 0 Å². The molecule has 2 aromatic rings. The van der Waals surface area contributed by atoms with Crippen molar-refractivity contribution in [1.29, 1.82) is 0 Å². The van der Waals surface area contributed by atoms with E-state index in [0.717, 1.165) is 5.56 Å². The van der Waals surface area contributed by atoms with E-state index in [1.807, 2.05) is 0 Å². The van der Waals surface area contributed by atoms with Gasteiger partial charge in [0, 0.05) is 5.92 Å². The van der Waals surface area contributed by atoms with Gasteiger partial charge in [-0.15, -0.1) is 0 Å². The smallest absolute Gasteiger partial charge is 0.231 e. The molecule has 0 spiro atoms. The van der Waals surface area contributed by atoms with E-state index in [0.29, 0.717) is 28.6 Å². The zero-order valence-electron chi connectivity index (χ0n) is 14.9. The molecule has 0 aromatic heterocycles. The Morgan fingerprint density at radius 2 is 1.57 bits per heavy atom. The highest BCUT2D eigenvalue weighted by Crippen LogP contribution is 2.49. The summed E-state index contributed by atoms with van der Waals surface area (Å²) in [4.78, 5) is 0. The van der Waals surface area contributed by atoms with Gasteiger partial charge in [-0.05, 0) is 35.4 Å². The maximum atomic E-state index is 11.3. The summed E-state index contributed by atoms with van der Waals surface area (Å²) in [5.41, 5.74) is -0.485. The molecule has 1 fully saturated rings. The minimum Gasteiger partial charge on any atom is -0.454 e. The maximum absolute atomic E-state index is 11.3. The Morgan fingerprint density at radius 3 is 2.29 bits per heavy atom. The molecule has 0 bridgehead atoms. The highest BCUT2D eigenvalue weighted by atomic mass is 16.7. The molecule has 28 heavy (non-hydrogen) atoms. The van der Waals surface area contributed by atoms with E-state index in [1.54, 1.807) is 36.4 Å². The standard InChI is InChI=1S/C20H20O8/c21-7-13-18(11-1-3-14-16(5-11)27-9-25-14)24-8-20(13,23)19(22)12-2-4-15-17(6-12)28-10-26-15/h1-6,13,18-19,21-23H,7-10H2/t13-,18-,19-,20+/m1/s1. The normalized spacial score (nSPS) is 28.5. The number of aliphatic hydroxyl groups excluding tert-OH is 2. The second-order valence-electron chi connectivity index (χ2n) is 7.14. The predicted octanol–water partition coefficient (Wildman–Crippen LogP) is 1.29. The molecule has 148 valence electrons. The highest BCUT2D eigenvalue weighted by molar-refractivity contribution is 5.47. The van der Waals surface area contributed by atoms with Gasteiger partial charge >= 0.3 is 0 Å². The molecule has 0 aliphatic carbocycles. The number of aliphatic hydroxyl groups is 3. The Labute approximate surface area is 160 Å². The van der Waals surface area contributed by atoms with Crippen LogP contribution in [-0.2, 0) is 4.74 Å². The Hall–Kier alpha value is -2.52. The first kappa shape index (κ1) is 17.6. The third kappa shape index (κ3) is 2.61. The van der Waals surface area contributed by atoms with Crippen LogP contribution in [-0.4, -0.2) is 47.7 Å². The van der Waals surface area contributed by atoms with E-state index < -0.39 is 23.7 Å². The molecule has 2 aromatic carbocycles. The number of ether oxygens (including phenoxy) is 5. The number of hydrogen-bond acceptors (Lipinski definition) is 8. The first-order chi connectivity index (χ1) is 13.6. The lowest BCUT2D eigenvalue weighted by molar-refractivity contribution is -0.110. The van der Waals surface area contributed by atoms with Crippen LogP contribution >= 0.6 is 0 Å². The van der Waals surface area contributed by atoms with Crippen LogP contribution in [0.3, 0.4) is 0 Å². The molecule has 0 amide bonds. The summed E-state index contributed by atoms with van der Waals surface area (Å²) in [6, 6.07) is 10.3. The van der Waals surface area contributed by atoms with Crippen molar-refractivity contribution in [2.75, 3.05) is 26.8 Å². The van der Waals surface area contributed by atoms with Crippen LogP contribution in [0.5, 0.6) is 23.0 Å². The van der Waals surface area contributed by atoms with Crippen molar-refractivity contribution in [2.45, 2.75) is 17.8 Å². The quantitative estimate of drug-likeness (QED) is 0.719. The average molecular weight is 388 g/mol. The van der Waals surface area contributed by atoms with Gasteiger partial charge in [0.25, 0.3) is 0 Å². The first-order valence-corrected chi connectivity index (χ1v) is 9.02. The molecule has 0 radical (unpaired) electrons. The third-order valence-corrected chi connectivity index (χ3v) is 5.61. The first-order valence-electron chi connectivity index (χ1n) is 9.02. The van der Waals surface area contributed by atoms with E-state index in [-0.39, 0.29) is 26.8 Å². The molecule has 4 atom stereocenters. The van der Waals surface area contributed by atoms with Crippen LogP contribution in [0.1, 0.15) is 23.3 Å². The fourth-order valence-corrected chi connectivity index (χ4v) is 4.03. The summed E-state index contributed by atoms with van der Waals surface area (Å²) < 4.78 is 27.2. The van der Waals surface area contributed by atoms with Crippen molar-refractivity contribution in [3.05, 3.63) is 47.5 Å². The Morgan fingerprint density at radius 1 is 0.929 bits per heavy atom. The average Bonchev–Trinajstić information content (AvgIpc) is 3.44. The zero-order chi connectivity index (χ0) is 19.3. The van der Waals surface area contributed by atoms with Gasteiger partial charge < -0.3 is 39.0 Å². The number of rotatable bonds is 4. The van der Waals surface area contributed by atoms with Crippen molar-refractivity contribution < 1.29 is 39.0 Å². The largest absolute Gasteiger partial charge is 0.454 e. The van der Waals surface area contributed by atoms with Gasteiger partial charge in [0.1, 0.15) is 11.7 Å². The second-order valence-corrected chi connectivity index (χ2v) is 7.14. The molecule has 5 rings (SSSR count). The second kappa shape index (κ2) is 6.52. The topological polar surface area (TPSA) is 107 Å². The fourth-order valence-electron chi connectivity index (χ4n) is 4.03. The molecule has 3 aliphatic rings. The molecule has 3 N–H and O–H groups in total. The van der Waals surface area contributed by atoms with Crippen molar-refractivity contribution in [3.63, 3.8) is 0 Å². The summed E-state index contributed by atoms with van der Waals surface area (Å²) >= 11 is 0. The summed E-state index contributed by atoms with van der Waals surface area (Å²) in [5.74, 6) is 1.57. The molecule has 8 heteroatoms. The minimum atomic E-state index is -1.68. The predicted molar refractivity (Wildman–Crippen MR) is 94.3 cm³/mol. The summed E-state index contributed by atoms with van der Waals surface area (Å²) in [5, 5.41) is 32.3. The van der Waals surface area contributed by atoms with Crippen molar-refractivity contribution >= 4 is 0 Å². The molecule has 1 saturated heterocycles. The Bertz CT molecular complexity index is 844. The van der Waals surface area contributed by atoms with Crippen LogP contribution in [0.4, 0.5) is 0 Å². The summed E-state index contributed by atoms with van der Waals surface area (Å²) in [6.07, 6.45) is -1.88. The van der Waals surface area contributed by atoms with Gasteiger partial charge in [-0.3, -0.25) is 0 Å². The van der Waals surface area contributed by atoms with Crippen LogP contribution in [0.25, 0.3) is 0 Å². The molecule has 0 saturated carbocycles. The lowest BCUT2D eigenvalue weighted by Crippen LogP contribution is -2.45. The number of hydrogen-bond donors (Lipinski definition) is 3. The highest BCUT2D eigenvalue weighted by Gasteiger charge is 2.54. The molecule has 0 unspecified atom stereocenters. The lowest BCUT2D eigenvalue weighted by atomic mass is 9.78. The van der Waals surface area contributed by atoms with Crippen molar-refractivity contribution in [3.8, 4) is 23.0 Å². The van der Waals surface area contributed by atoms with E-state index in [1.165, 1.54) is 0 Å². The molecular formula is C20H20O8. The van der Waals surface area contributed by atoms with Crippen molar-refractivity contribution in [2.24, 2.45) is 5.92 Å². The molecular weight excluding hydrogens is 368 g/mol. The monoisotopic (exact) mass is 388 g/mol. The maximum Gasteiger partial charge on any atom is 0.231 e. The molecule has 3 aliphatic heterocycles. The van der Waals surface area contributed by atoms with Crippen LogP contribution in [0.15, 0.2) is 36.4 Å². The number of benzene rings is 2. The van der Waals surface area contributed by atoms with Gasteiger partial charge in [0.2, 0.25) is 13.6 Å². The fraction of sp³-hybridized carbons (Fsp3) is 0.400. The van der Waals surface area contributed by atoms with E-state index in [4.69, 9.17) is 23.7 Å². The summed E-state index contributed by atoms with van der Waals surface area (Å²) in [7, 11) is 0. The van der Waals surface area contributed by atoms with Crippen LogP contribution in [0, 0.1) is 5.92 Å². The van der Waals surface area contributed by atoms with E-state index in [2.05, 4.69) is 0 Å². The van der Waals surface area contributed by atoms with Gasteiger partial charge in [-0.2, -0.15) is 0 Å². The van der Waals surface area contributed by atoms with Gasteiger partial charge in [-0.1, -0.05) is 12.1 Å². The molecule has 3 heterocycles. The van der Waals surface area contributed by atoms with Gasteiger partial charge in [-0.25, -0.2) is 0 Å². The Balaban J connectivity index is 1.44. The minimum absolute atomic E-state index is 0.119. The van der Waals surface area contributed by atoms with E-state index in [9.17, 15) is 15.3 Å². The molecule has 8 nitrogen and oxygen atoms in total. The Kier molecular flexibility index (Phi) is 4.09. The van der Waals surface area contributed by atoms with Gasteiger partial charge in [0.15, 0.2) is 23.0 Å². The lowest BCUT2D eigenvalue weighted by Gasteiger charge is -2.34. The van der Waals surface area contributed by atoms with E-state index >= 15 is 0 Å². The van der Waals surface area contributed by atoms with Gasteiger partial charge in [0.05, 0.1) is 19.3 Å². The SMILES string of the molecule is OC[C@@H]1[C@@H](c2ccc3c(c2)OCO3)OC[C@@]1(O)[C@H](O)c1ccc2c(c1)OCO2. The van der Waals surface area contributed by atoms with Crippen LogP contribution < -0.4 is 18.9 Å². The summed E-state index contributed by atoms with van der Waals surface area (Å²) in [6.45, 7) is -0.224.